The predicted molar refractivity (Wildman–Crippen MR) is 89.9 cm³/mol. The van der Waals surface area contributed by atoms with Crippen LogP contribution in [0.2, 0.25) is 0 Å². The van der Waals surface area contributed by atoms with Gasteiger partial charge in [-0.25, -0.2) is 4.79 Å². The topological polar surface area (TPSA) is 150 Å². The zero-order valence-corrected chi connectivity index (χ0v) is 14.2. The third-order valence-electron chi connectivity index (χ3n) is 2.82. The summed E-state index contributed by atoms with van der Waals surface area (Å²) in [6.07, 6.45) is 0. The Kier molecular flexibility index (Phi) is 5.21. The second kappa shape index (κ2) is 6.96. The van der Waals surface area contributed by atoms with Crippen molar-refractivity contribution in [2.24, 2.45) is 5.92 Å². The molecule has 0 fully saturated rings. The molecule has 5 N–H and O–H groups in total. The zero-order chi connectivity index (χ0) is 17.1. The molecule has 0 bridgehead atoms. The maximum Gasteiger partial charge on any atom is 0.329 e. The molecule has 0 spiro atoms. The maximum atomic E-state index is 12.3. The monoisotopic (exact) mass is 356 g/mol. The Hall–Kier alpha value is -2.14. The molecule has 0 radical (unpaired) electrons. The van der Waals surface area contributed by atoms with Crippen LogP contribution >= 0.6 is 23.1 Å². The smallest absolute Gasteiger partial charge is 0.329 e. The van der Waals surface area contributed by atoms with E-state index in [2.05, 4.69) is 15.2 Å². The van der Waals surface area contributed by atoms with E-state index in [1.807, 2.05) is 13.8 Å². The summed E-state index contributed by atoms with van der Waals surface area (Å²) in [6, 6.07) is 0. The first-order valence-corrected chi connectivity index (χ1v) is 8.47. The Morgan fingerprint density at radius 2 is 2.04 bits per heavy atom. The molecule has 0 aromatic carbocycles. The number of aromatic amines is 1. The molecule has 9 nitrogen and oxygen atoms in total. The fourth-order valence-corrected chi connectivity index (χ4v) is 3.39. The maximum absolute atomic E-state index is 12.3. The summed E-state index contributed by atoms with van der Waals surface area (Å²) in [4.78, 5) is 38.2. The Morgan fingerprint density at radius 1 is 1.35 bits per heavy atom. The molecule has 11 heteroatoms. The molecule has 2 heterocycles. The van der Waals surface area contributed by atoms with Gasteiger partial charge in [-0.1, -0.05) is 36.9 Å². The Labute approximate surface area is 139 Å². The number of aromatic nitrogens is 4. The van der Waals surface area contributed by atoms with Crippen LogP contribution in [0.25, 0.3) is 0 Å². The molecule has 0 amide bonds. The van der Waals surface area contributed by atoms with E-state index >= 15 is 0 Å². The van der Waals surface area contributed by atoms with Crippen molar-refractivity contribution < 1.29 is 4.79 Å². The third kappa shape index (κ3) is 3.99. The van der Waals surface area contributed by atoms with Crippen molar-refractivity contribution >= 4 is 39.8 Å². The van der Waals surface area contributed by atoms with E-state index in [1.54, 1.807) is 0 Å². The number of nitrogens with zero attached hydrogens (tertiary/aromatic N) is 3. The van der Waals surface area contributed by atoms with Crippen LogP contribution in [0.1, 0.15) is 24.2 Å². The number of Topliss-reactive ketones (excluding diaryl/α,β-unsaturated/α-hetero) is 1. The first kappa shape index (κ1) is 17.2. The van der Waals surface area contributed by atoms with E-state index in [4.69, 9.17) is 11.5 Å². The quantitative estimate of drug-likeness (QED) is 0.490. The van der Waals surface area contributed by atoms with Crippen molar-refractivity contribution in [2.45, 2.75) is 24.7 Å². The number of rotatable bonds is 6. The summed E-state index contributed by atoms with van der Waals surface area (Å²) in [5.74, 6) is -0.528. The second-order valence-corrected chi connectivity index (χ2v) is 7.37. The predicted octanol–water partition coefficient (Wildman–Crippen LogP) is 0.184. The highest BCUT2D eigenvalue weighted by Crippen LogP contribution is 2.24. The molecule has 0 unspecified atom stereocenters. The van der Waals surface area contributed by atoms with Gasteiger partial charge in [0.1, 0.15) is 11.4 Å². The van der Waals surface area contributed by atoms with Gasteiger partial charge in [-0.05, 0) is 5.92 Å². The van der Waals surface area contributed by atoms with Crippen molar-refractivity contribution in [3.8, 4) is 0 Å². The lowest BCUT2D eigenvalue weighted by atomic mass is 10.2. The molecule has 0 aliphatic carbocycles. The molecule has 0 saturated heterocycles. The van der Waals surface area contributed by atoms with Gasteiger partial charge in [-0.2, -0.15) is 0 Å². The molecule has 124 valence electrons. The highest BCUT2D eigenvalue weighted by molar-refractivity contribution is 8.01. The number of ketones is 1. The minimum Gasteiger partial charge on any atom is -0.384 e. The van der Waals surface area contributed by atoms with Gasteiger partial charge in [-0.15, -0.1) is 10.2 Å². The van der Waals surface area contributed by atoms with Gasteiger partial charge in [0.15, 0.2) is 10.1 Å². The molecule has 2 rings (SSSR count). The van der Waals surface area contributed by atoms with E-state index in [0.717, 1.165) is 23.1 Å². The van der Waals surface area contributed by atoms with E-state index < -0.39 is 17.0 Å². The lowest BCUT2D eigenvalue weighted by Crippen LogP contribution is -2.37. The third-order valence-corrected chi connectivity index (χ3v) is 4.70. The van der Waals surface area contributed by atoms with Crippen molar-refractivity contribution in [1.82, 2.24) is 19.7 Å². The average Bonchev–Trinajstić information content (AvgIpc) is 2.86. The Morgan fingerprint density at radius 3 is 2.61 bits per heavy atom. The van der Waals surface area contributed by atoms with Crippen molar-refractivity contribution in [3.05, 3.63) is 26.4 Å². The Balaban J connectivity index is 2.29. The summed E-state index contributed by atoms with van der Waals surface area (Å²) >= 11 is 2.25. The van der Waals surface area contributed by atoms with Gasteiger partial charge >= 0.3 is 5.69 Å². The molecular formula is C12H16N6O3S2. The Bertz CT molecular complexity index is 838. The van der Waals surface area contributed by atoms with E-state index in [-0.39, 0.29) is 23.1 Å². The molecular weight excluding hydrogens is 340 g/mol. The van der Waals surface area contributed by atoms with Crippen LogP contribution in [-0.4, -0.2) is 31.3 Å². The van der Waals surface area contributed by atoms with Crippen molar-refractivity contribution in [1.29, 1.82) is 0 Å². The van der Waals surface area contributed by atoms with Crippen LogP contribution in [0.4, 0.5) is 10.9 Å². The van der Waals surface area contributed by atoms with Crippen LogP contribution in [-0.2, 0) is 6.54 Å². The number of carbonyl (C=O) groups excluding carboxylic acids is 1. The lowest BCUT2D eigenvalue weighted by molar-refractivity contribution is 0.102. The SMILES string of the molecule is CC(C)Cn1c(N)c(C(=O)CSc2nnc(N)s2)c(=O)[nH]c1=O. The molecule has 0 atom stereocenters. The molecule has 2 aromatic heterocycles. The fraction of sp³-hybridized carbons (Fsp3) is 0.417. The molecule has 0 saturated carbocycles. The van der Waals surface area contributed by atoms with Gasteiger partial charge in [0.05, 0.1) is 5.75 Å². The van der Waals surface area contributed by atoms with Gasteiger partial charge in [0.25, 0.3) is 5.56 Å². The first-order valence-electron chi connectivity index (χ1n) is 6.67. The van der Waals surface area contributed by atoms with Gasteiger partial charge < -0.3 is 11.5 Å². The minimum absolute atomic E-state index is 0.0538. The van der Waals surface area contributed by atoms with E-state index in [9.17, 15) is 14.4 Å². The van der Waals surface area contributed by atoms with Crippen LogP contribution in [0.3, 0.4) is 0 Å². The normalized spacial score (nSPS) is 11.1. The van der Waals surface area contributed by atoms with Crippen LogP contribution < -0.4 is 22.7 Å². The number of hydrogen-bond acceptors (Lipinski definition) is 9. The zero-order valence-electron chi connectivity index (χ0n) is 12.5. The standard InChI is InChI=1S/C12H16N6O3S2/c1-5(2)3-18-8(13)7(9(20)15-11(18)21)6(19)4-22-12-17-16-10(14)23-12/h5H,3-4,13H2,1-2H3,(H2,14,16)(H,15,20,21). The van der Waals surface area contributed by atoms with E-state index in [0.29, 0.717) is 16.0 Å². The number of anilines is 2. The minimum atomic E-state index is -0.783. The summed E-state index contributed by atoms with van der Waals surface area (Å²) in [5.41, 5.74) is 9.72. The molecule has 0 aliphatic rings. The van der Waals surface area contributed by atoms with Crippen molar-refractivity contribution in [3.63, 3.8) is 0 Å². The average molecular weight is 356 g/mol. The van der Waals surface area contributed by atoms with Gasteiger partial charge in [-0.3, -0.25) is 19.1 Å². The van der Waals surface area contributed by atoms with Crippen LogP contribution in [0.15, 0.2) is 13.9 Å². The molecule has 2 aromatic rings. The van der Waals surface area contributed by atoms with Crippen molar-refractivity contribution in [2.75, 3.05) is 17.2 Å². The summed E-state index contributed by atoms with van der Waals surface area (Å²) < 4.78 is 1.72. The van der Waals surface area contributed by atoms with E-state index in [1.165, 1.54) is 4.57 Å². The number of nitrogen functional groups attached to an aromatic ring is 2. The largest absolute Gasteiger partial charge is 0.384 e. The summed E-state index contributed by atoms with van der Waals surface area (Å²) in [5, 5.41) is 7.71. The highest BCUT2D eigenvalue weighted by Gasteiger charge is 2.20. The van der Waals surface area contributed by atoms with Crippen LogP contribution in [0, 0.1) is 5.92 Å². The number of nitrogens with one attached hydrogen (secondary N) is 1. The lowest BCUT2D eigenvalue weighted by Gasteiger charge is -2.13. The summed E-state index contributed by atoms with van der Waals surface area (Å²) in [6.45, 7) is 4.10. The second-order valence-electron chi connectivity index (χ2n) is 5.14. The highest BCUT2D eigenvalue weighted by atomic mass is 32.2. The summed E-state index contributed by atoms with van der Waals surface area (Å²) in [7, 11) is 0. The number of carbonyl (C=O) groups is 1. The van der Waals surface area contributed by atoms with Gasteiger partial charge in [0.2, 0.25) is 5.13 Å². The number of hydrogen-bond donors (Lipinski definition) is 3. The number of nitrogens with two attached hydrogens (primary N) is 2. The fourth-order valence-electron chi connectivity index (χ4n) is 1.88. The van der Waals surface area contributed by atoms with Gasteiger partial charge in [0, 0.05) is 6.54 Å². The first-order chi connectivity index (χ1) is 10.8. The van der Waals surface area contributed by atoms with Crippen LogP contribution in [0.5, 0.6) is 0 Å². The molecule has 23 heavy (non-hydrogen) atoms. The molecule has 0 aliphatic heterocycles. The number of H-pyrrole nitrogens is 1. The number of thioether (sulfide) groups is 1.